The number of rotatable bonds is 1. The molecular weight excluding hydrogens is 217 g/mol. The summed E-state index contributed by atoms with van der Waals surface area (Å²) in [4.78, 5) is 12.0. The van der Waals surface area contributed by atoms with Crippen molar-refractivity contribution in [1.29, 1.82) is 0 Å². The van der Waals surface area contributed by atoms with Crippen molar-refractivity contribution in [2.24, 2.45) is 5.92 Å². The maximum atomic E-state index is 13.9. The number of benzene rings is 1. The summed E-state index contributed by atoms with van der Waals surface area (Å²) in [7, 11) is 0. The number of Topliss-reactive ketones (excluding diaryl/α,β-unsaturated/α-hetero) is 1. The largest absolute Gasteiger partial charge is 0.304 e. The van der Waals surface area contributed by atoms with Crippen molar-refractivity contribution in [1.82, 2.24) is 5.32 Å². The maximum Gasteiger partial charge on any atom is 0.168 e. The molecule has 0 aromatic heterocycles. The lowest BCUT2D eigenvalue weighted by Gasteiger charge is -2.28. The van der Waals surface area contributed by atoms with Gasteiger partial charge >= 0.3 is 0 Å². The minimum Gasteiger partial charge on any atom is -0.304 e. The first-order chi connectivity index (χ1) is 7.81. The number of carbonyl (C=O) groups excluding carboxylic acids is 1. The van der Waals surface area contributed by atoms with Crippen LogP contribution in [0.4, 0.5) is 4.39 Å². The fraction of sp³-hybridized carbons (Fsp3) is 0.500. The Labute approximate surface area is 101 Å². The van der Waals surface area contributed by atoms with Crippen LogP contribution in [0.3, 0.4) is 0 Å². The zero-order valence-electron chi connectivity index (χ0n) is 10.7. The van der Waals surface area contributed by atoms with Crippen molar-refractivity contribution in [2.75, 3.05) is 0 Å². The second-order valence-corrected chi connectivity index (χ2v) is 5.73. The quantitative estimate of drug-likeness (QED) is 0.810. The Balaban J connectivity index is 2.47. The summed E-state index contributed by atoms with van der Waals surface area (Å²) in [6.07, 6.45) is 0. The van der Waals surface area contributed by atoms with Crippen molar-refractivity contribution < 1.29 is 9.18 Å². The standard InChI is InChI=1S/C14H18FNO/c1-8-12(16-14(2,3)4)11-9(13(8)17)6-5-7-10(11)15/h5-8,12,16H,1-4H3. The fourth-order valence-corrected chi connectivity index (χ4v) is 2.38. The lowest BCUT2D eigenvalue weighted by Crippen LogP contribution is -2.40. The molecule has 1 aromatic carbocycles. The molecule has 0 amide bonds. The number of halogens is 1. The molecule has 1 aromatic rings. The summed E-state index contributed by atoms with van der Waals surface area (Å²) in [5, 5.41) is 3.33. The van der Waals surface area contributed by atoms with Gasteiger partial charge < -0.3 is 5.32 Å². The highest BCUT2D eigenvalue weighted by atomic mass is 19.1. The highest BCUT2D eigenvalue weighted by Crippen LogP contribution is 2.38. The van der Waals surface area contributed by atoms with Gasteiger partial charge in [-0.3, -0.25) is 4.79 Å². The Kier molecular flexibility index (Phi) is 2.82. The van der Waals surface area contributed by atoms with Gasteiger partial charge in [0.2, 0.25) is 0 Å². The summed E-state index contributed by atoms with van der Waals surface area (Å²) in [6, 6.07) is 4.50. The van der Waals surface area contributed by atoms with E-state index >= 15 is 0 Å². The molecule has 0 spiro atoms. The summed E-state index contributed by atoms with van der Waals surface area (Å²) in [5.74, 6) is -0.468. The van der Waals surface area contributed by atoms with Crippen molar-refractivity contribution in [2.45, 2.75) is 39.3 Å². The Morgan fingerprint density at radius 1 is 1.29 bits per heavy atom. The van der Waals surface area contributed by atoms with E-state index in [1.54, 1.807) is 12.1 Å². The van der Waals surface area contributed by atoms with Gasteiger partial charge in [0.1, 0.15) is 5.82 Å². The smallest absolute Gasteiger partial charge is 0.168 e. The molecular formula is C14H18FNO. The molecule has 1 aliphatic carbocycles. The highest BCUT2D eigenvalue weighted by Gasteiger charge is 2.39. The number of fused-ring (bicyclic) bond motifs is 1. The number of carbonyl (C=O) groups is 1. The molecule has 0 radical (unpaired) electrons. The van der Waals surface area contributed by atoms with E-state index in [-0.39, 0.29) is 29.1 Å². The van der Waals surface area contributed by atoms with Crippen LogP contribution in [0.1, 0.15) is 49.7 Å². The van der Waals surface area contributed by atoms with E-state index in [1.807, 2.05) is 27.7 Å². The first-order valence-electron chi connectivity index (χ1n) is 5.91. The Bertz CT molecular complexity index is 462. The Hall–Kier alpha value is -1.22. The molecule has 2 nitrogen and oxygen atoms in total. The minimum atomic E-state index is -0.290. The fourth-order valence-electron chi connectivity index (χ4n) is 2.38. The van der Waals surface area contributed by atoms with E-state index in [0.717, 1.165) is 0 Å². The SMILES string of the molecule is CC1C(=O)c2cccc(F)c2C1NC(C)(C)C. The van der Waals surface area contributed by atoms with Crippen molar-refractivity contribution >= 4 is 5.78 Å². The van der Waals surface area contributed by atoms with Crippen molar-refractivity contribution in [3.8, 4) is 0 Å². The van der Waals surface area contributed by atoms with Crippen LogP contribution in [-0.4, -0.2) is 11.3 Å². The van der Waals surface area contributed by atoms with Crippen LogP contribution in [-0.2, 0) is 0 Å². The van der Waals surface area contributed by atoms with Crippen LogP contribution in [0, 0.1) is 11.7 Å². The van der Waals surface area contributed by atoms with E-state index in [0.29, 0.717) is 11.1 Å². The maximum absolute atomic E-state index is 13.9. The van der Waals surface area contributed by atoms with E-state index in [9.17, 15) is 9.18 Å². The van der Waals surface area contributed by atoms with Gasteiger partial charge in [0, 0.05) is 28.6 Å². The first kappa shape index (κ1) is 12.2. The van der Waals surface area contributed by atoms with Crippen LogP contribution >= 0.6 is 0 Å². The first-order valence-corrected chi connectivity index (χ1v) is 5.91. The monoisotopic (exact) mass is 235 g/mol. The molecule has 92 valence electrons. The van der Waals surface area contributed by atoms with Crippen molar-refractivity contribution in [3.63, 3.8) is 0 Å². The lowest BCUT2D eigenvalue weighted by molar-refractivity contribution is 0.0920. The van der Waals surface area contributed by atoms with Gasteiger partial charge in [0.25, 0.3) is 0 Å². The van der Waals surface area contributed by atoms with Crippen LogP contribution in [0.15, 0.2) is 18.2 Å². The van der Waals surface area contributed by atoms with E-state index in [1.165, 1.54) is 6.07 Å². The Morgan fingerprint density at radius 3 is 2.53 bits per heavy atom. The molecule has 3 heteroatoms. The molecule has 2 rings (SSSR count). The topological polar surface area (TPSA) is 29.1 Å². The molecule has 0 saturated heterocycles. The zero-order chi connectivity index (χ0) is 12.8. The molecule has 2 unspecified atom stereocenters. The highest BCUT2D eigenvalue weighted by molar-refractivity contribution is 6.02. The van der Waals surface area contributed by atoms with Gasteiger partial charge in [0.05, 0.1) is 0 Å². The minimum absolute atomic E-state index is 0.0289. The number of nitrogens with one attached hydrogen (secondary N) is 1. The van der Waals surface area contributed by atoms with Gasteiger partial charge in [-0.15, -0.1) is 0 Å². The number of hydrogen-bond donors (Lipinski definition) is 1. The van der Waals surface area contributed by atoms with Crippen molar-refractivity contribution in [3.05, 3.63) is 35.1 Å². The summed E-state index contributed by atoms with van der Waals surface area (Å²) < 4.78 is 13.9. The van der Waals surface area contributed by atoms with Crippen LogP contribution in [0.2, 0.25) is 0 Å². The molecule has 0 heterocycles. The summed E-state index contributed by atoms with van der Waals surface area (Å²) in [5.41, 5.74) is 0.905. The molecule has 0 saturated carbocycles. The van der Waals surface area contributed by atoms with E-state index < -0.39 is 0 Å². The molecule has 17 heavy (non-hydrogen) atoms. The van der Waals surface area contributed by atoms with Crippen LogP contribution in [0.5, 0.6) is 0 Å². The average Bonchev–Trinajstić information content (AvgIpc) is 2.43. The molecule has 0 bridgehead atoms. The molecule has 0 aliphatic heterocycles. The third-order valence-electron chi connectivity index (χ3n) is 3.13. The predicted octanol–water partition coefficient (Wildman–Crippen LogP) is 3.09. The number of hydrogen-bond acceptors (Lipinski definition) is 2. The Morgan fingerprint density at radius 2 is 1.94 bits per heavy atom. The molecule has 1 aliphatic rings. The van der Waals surface area contributed by atoms with Gasteiger partial charge in [-0.25, -0.2) is 4.39 Å². The van der Waals surface area contributed by atoms with Crippen LogP contribution < -0.4 is 5.32 Å². The van der Waals surface area contributed by atoms with Crippen LogP contribution in [0.25, 0.3) is 0 Å². The lowest BCUT2D eigenvalue weighted by atomic mass is 9.97. The van der Waals surface area contributed by atoms with Gasteiger partial charge in [0.15, 0.2) is 5.78 Å². The third-order valence-corrected chi connectivity index (χ3v) is 3.13. The normalized spacial score (nSPS) is 23.9. The summed E-state index contributed by atoms with van der Waals surface area (Å²) in [6.45, 7) is 7.90. The van der Waals surface area contributed by atoms with E-state index in [2.05, 4.69) is 5.32 Å². The average molecular weight is 235 g/mol. The predicted molar refractivity (Wildman–Crippen MR) is 65.5 cm³/mol. The molecule has 0 fully saturated rings. The zero-order valence-corrected chi connectivity index (χ0v) is 10.7. The van der Waals surface area contributed by atoms with Gasteiger partial charge in [-0.1, -0.05) is 19.1 Å². The molecule has 2 atom stereocenters. The second kappa shape index (κ2) is 3.91. The van der Waals surface area contributed by atoms with Gasteiger partial charge in [-0.2, -0.15) is 0 Å². The number of ketones is 1. The van der Waals surface area contributed by atoms with Gasteiger partial charge in [-0.05, 0) is 26.8 Å². The summed E-state index contributed by atoms with van der Waals surface area (Å²) >= 11 is 0. The van der Waals surface area contributed by atoms with E-state index in [4.69, 9.17) is 0 Å². The second-order valence-electron chi connectivity index (χ2n) is 5.73. The third kappa shape index (κ3) is 2.12. The molecule has 1 N–H and O–H groups in total.